The maximum atomic E-state index is 12.4. The molecule has 0 bridgehead atoms. The van der Waals surface area contributed by atoms with Crippen molar-refractivity contribution in [1.82, 2.24) is 10.2 Å². The predicted octanol–water partition coefficient (Wildman–Crippen LogP) is 1.91. The minimum absolute atomic E-state index is 0.00793. The number of ether oxygens (including phenoxy) is 1. The van der Waals surface area contributed by atoms with E-state index in [1.54, 1.807) is 7.11 Å². The van der Waals surface area contributed by atoms with Crippen molar-refractivity contribution >= 4 is 11.7 Å². The summed E-state index contributed by atoms with van der Waals surface area (Å²) in [6.45, 7) is 2.81. The number of rotatable bonds is 2. The molecule has 1 aromatic rings. The van der Waals surface area contributed by atoms with Crippen LogP contribution in [-0.4, -0.2) is 43.7 Å². The average Bonchev–Trinajstić information content (AvgIpc) is 2.96. The van der Waals surface area contributed by atoms with E-state index in [0.717, 1.165) is 37.5 Å². The van der Waals surface area contributed by atoms with Crippen LogP contribution in [-0.2, 0) is 0 Å². The molecule has 2 aliphatic rings. The largest absolute Gasteiger partial charge is 0.497 e. The van der Waals surface area contributed by atoms with Crippen LogP contribution in [0.25, 0.3) is 0 Å². The number of carbonyl (C=O) groups excluding carboxylic acids is 1. The Morgan fingerprint density at radius 1 is 1.35 bits per heavy atom. The van der Waals surface area contributed by atoms with Gasteiger partial charge in [0.1, 0.15) is 5.75 Å². The Hall–Kier alpha value is -1.75. The highest BCUT2D eigenvalue weighted by Crippen LogP contribution is 2.27. The van der Waals surface area contributed by atoms with Gasteiger partial charge >= 0.3 is 6.03 Å². The molecule has 5 heteroatoms. The van der Waals surface area contributed by atoms with Crippen LogP contribution in [0.15, 0.2) is 24.3 Å². The van der Waals surface area contributed by atoms with E-state index >= 15 is 0 Å². The first kappa shape index (κ1) is 13.2. The van der Waals surface area contributed by atoms with Crippen molar-refractivity contribution in [3.63, 3.8) is 0 Å². The molecule has 2 amide bonds. The number of hydrogen-bond acceptors (Lipinski definition) is 3. The molecule has 20 heavy (non-hydrogen) atoms. The van der Waals surface area contributed by atoms with Crippen molar-refractivity contribution in [3.05, 3.63) is 24.3 Å². The maximum Gasteiger partial charge on any atom is 0.322 e. The van der Waals surface area contributed by atoms with Gasteiger partial charge in [0.2, 0.25) is 0 Å². The molecule has 0 spiro atoms. The molecule has 2 N–H and O–H groups in total. The minimum atomic E-state index is 0.00793. The Labute approximate surface area is 119 Å². The highest BCUT2D eigenvalue weighted by molar-refractivity contribution is 5.89. The molecule has 2 heterocycles. The third kappa shape index (κ3) is 2.58. The second kappa shape index (κ2) is 5.71. The maximum absolute atomic E-state index is 12.4. The number of benzene rings is 1. The molecule has 3 rings (SSSR count). The van der Waals surface area contributed by atoms with Crippen LogP contribution in [0.3, 0.4) is 0 Å². The number of urea groups is 1. The van der Waals surface area contributed by atoms with E-state index < -0.39 is 0 Å². The van der Waals surface area contributed by atoms with Gasteiger partial charge in [-0.25, -0.2) is 4.79 Å². The van der Waals surface area contributed by atoms with E-state index in [-0.39, 0.29) is 6.03 Å². The first-order valence-electron chi connectivity index (χ1n) is 7.20. The highest BCUT2D eigenvalue weighted by atomic mass is 16.5. The van der Waals surface area contributed by atoms with Gasteiger partial charge in [-0.3, -0.25) is 0 Å². The number of piperidine rings is 1. The van der Waals surface area contributed by atoms with Crippen molar-refractivity contribution in [1.29, 1.82) is 0 Å². The first-order valence-corrected chi connectivity index (χ1v) is 7.20. The number of carbonyl (C=O) groups is 1. The number of hydrogen-bond donors (Lipinski definition) is 2. The summed E-state index contributed by atoms with van der Waals surface area (Å²) < 4.78 is 5.12. The fourth-order valence-electron chi connectivity index (χ4n) is 3.19. The van der Waals surface area contributed by atoms with Gasteiger partial charge in [0.05, 0.1) is 7.11 Å². The smallest absolute Gasteiger partial charge is 0.322 e. The molecule has 0 radical (unpaired) electrons. The van der Waals surface area contributed by atoms with Crippen LogP contribution >= 0.6 is 0 Å². The van der Waals surface area contributed by atoms with Crippen molar-refractivity contribution in [3.8, 4) is 5.75 Å². The van der Waals surface area contributed by atoms with Gasteiger partial charge < -0.3 is 20.3 Å². The lowest BCUT2D eigenvalue weighted by Gasteiger charge is -2.36. The average molecular weight is 275 g/mol. The van der Waals surface area contributed by atoms with Crippen LogP contribution in [0.2, 0.25) is 0 Å². The Kier molecular flexibility index (Phi) is 3.78. The standard InChI is InChI=1S/C15H21N3O2/c1-20-13-6-4-12(5-7-13)17-15(19)18-8-2-3-11-9-16-10-14(11)18/h4-7,11,14,16H,2-3,8-10H2,1H3,(H,17,19). The van der Waals surface area contributed by atoms with E-state index in [1.807, 2.05) is 29.2 Å². The van der Waals surface area contributed by atoms with Crippen molar-refractivity contribution in [2.24, 2.45) is 5.92 Å². The summed E-state index contributed by atoms with van der Waals surface area (Å²) in [6.07, 6.45) is 2.32. The molecular formula is C15H21N3O2. The van der Waals surface area contributed by atoms with Crippen molar-refractivity contribution in [2.45, 2.75) is 18.9 Å². The van der Waals surface area contributed by atoms with Crippen LogP contribution in [0.1, 0.15) is 12.8 Å². The lowest BCUT2D eigenvalue weighted by atomic mass is 9.92. The van der Waals surface area contributed by atoms with Gasteiger partial charge in [-0.2, -0.15) is 0 Å². The Bertz CT molecular complexity index is 475. The van der Waals surface area contributed by atoms with Crippen LogP contribution in [0.4, 0.5) is 10.5 Å². The molecule has 5 nitrogen and oxygen atoms in total. The molecule has 2 fully saturated rings. The molecular weight excluding hydrogens is 254 g/mol. The van der Waals surface area contributed by atoms with E-state index in [2.05, 4.69) is 10.6 Å². The summed E-state index contributed by atoms with van der Waals surface area (Å²) in [5.41, 5.74) is 0.809. The van der Waals surface area contributed by atoms with Gasteiger partial charge in [0, 0.05) is 31.4 Å². The normalized spacial score (nSPS) is 25.1. The fourth-order valence-corrected chi connectivity index (χ4v) is 3.19. The molecule has 0 saturated carbocycles. The van der Waals surface area contributed by atoms with Crippen molar-refractivity contribution in [2.75, 3.05) is 32.1 Å². The molecule has 2 unspecified atom stereocenters. The van der Waals surface area contributed by atoms with Crippen LogP contribution in [0, 0.1) is 5.92 Å². The fraction of sp³-hybridized carbons (Fsp3) is 0.533. The Morgan fingerprint density at radius 3 is 2.90 bits per heavy atom. The zero-order valence-corrected chi connectivity index (χ0v) is 11.8. The van der Waals surface area contributed by atoms with Crippen LogP contribution < -0.4 is 15.4 Å². The molecule has 1 aromatic carbocycles. The SMILES string of the molecule is COc1ccc(NC(=O)N2CCCC3CNCC32)cc1. The summed E-state index contributed by atoms with van der Waals surface area (Å²) in [5.74, 6) is 1.41. The van der Waals surface area contributed by atoms with Gasteiger partial charge in [0.15, 0.2) is 0 Å². The topological polar surface area (TPSA) is 53.6 Å². The minimum Gasteiger partial charge on any atom is -0.497 e. The summed E-state index contributed by atoms with van der Waals surface area (Å²) in [6, 6.07) is 7.80. The summed E-state index contributed by atoms with van der Waals surface area (Å²) in [5, 5.41) is 6.37. The third-order valence-electron chi connectivity index (χ3n) is 4.28. The highest BCUT2D eigenvalue weighted by Gasteiger charge is 2.37. The van der Waals surface area contributed by atoms with Gasteiger partial charge in [-0.15, -0.1) is 0 Å². The van der Waals surface area contributed by atoms with E-state index in [9.17, 15) is 4.79 Å². The summed E-state index contributed by atoms with van der Waals surface area (Å²) in [7, 11) is 1.63. The molecule has 2 aliphatic heterocycles. The zero-order chi connectivity index (χ0) is 13.9. The Morgan fingerprint density at radius 2 is 2.15 bits per heavy atom. The van der Waals surface area contributed by atoms with E-state index in [1.165, 1.54) is 6.42 Å². The number of amides is 2. The number of anilines is 1. The number of fused-ring (bicyclic) bond motifs is 1. The number of nitrogens with zero attached hydrogens (tertiary/aromatic N) is 1. The second-order valence-corrected chi connectivity index (χ2v) is 5.48. The summed E-state index contributed by atoms with van der Waals surface area (Å²) in [4.78, 5) is 14.4. The first-order chi connectivity index (χ1) is 9.78. The Balaban J connectivity index is 1.65. The lowest BCUT2D eigenvalue weighted by Crippen LogP contribution is -2.50. The quantitative estimate of drug-likeness (QED) is 0.867. The molecule has 2 saturated heterocycles. The predicted molar refractivity (Wildman–Crippen MR) is 78.1 cm³/mol. The van der Waals surface area contributed by atoms with E-state index in [0.29, 0.717) is 12.0 Å². The van der Waals surface area contributed by atoms with E-state index in [4.69, 9.17) is 4.74 Å². The second-order valence-electron chi connectivity index (χ2n) is 5.48. The number of likely N-dealkylation sites (tertiary alicyclic amines) is 1. The monoisotopic (exact) mass is 275 g/mol. The molecule has 108 valence electrons. The lowest BCUT2D eigenvalue weighted by molar-refractivity contribution is 0.147. The number of nitrogens with one attached hydrogen (secondary N) is 2. The van der Waals surface area contributed by atoms with Gasteiger partial charge in [-0.1, -0.05) is 0 Å². The van der Waals surface area contributed by atoms with Gasteiger partial charge in [-0.05, 0) is 43.0 Å². The number of methoxy groups -OCH3 is 1. The van der Waals surface area contributed by atoms with Crippen LogP contribution in [0.5, 0.6) is 5.75 Å². The molecule has 0 aromatic heterocycles. The molecule has 2 atom stereocenters. The zero-order valence-electron chi connectivity index (χ0n) is 11.8. The summed E-state index contributed by atoms with van der Waals surface area (Å²) >= 11 is 0. The van der Waals surface area contributed by atoms with Gasteiger partial charge in [0.25, 0.3) is 0 Å². The third-order valence-corrected chi connectivity index (χ3v) is 4.28. The molecule has 0 aliphatic carbocycles. The van der Waals surface area contributed by atoms with Crippen molar-refractivity contribution < 1.29 is 9.53 Å².